The van der Waals surface area contributed by atoms with Crippen molar-refractivity contribution in [2.75, 3.05) is 31.4 Å². The first kappa shape index (κ1) is 17.1. The zero-order valence-corrected chi connectivity index (χ0v) is 14.9. The molecule has 23 heavy (non-hydrogen) atoms. The third kappa shape index (κ3) is 4.86. The lowest BCUT2D eigenvalue weighted by Gasteiger charge is -2.12. The molecule has 0 aromatic heterocycles. The first-order valence-corrected chi connectivity index (χ1v) is 7.89. The van der Waals surface area contributed by atoms with Crippen LogP contribution in [0.4, 0.5) is 11.4 Å². The van der Waals surface area contributed by atoms with Crippen LogP contribution in [0.1, 0.15) is 5.56 Å². The van der Waals surface area contributed by atoms with Crippen LogP contribution in [0.2, 0.25) is 0 Å². The summed E-state index contributed by atoms with van der Waals surface area (Å²) in [6.45, 7) is 0. The van der Waals surface area contributed by atoms with Gasteiger partial charge in [0.1, 0.15) is 5.75 Å². The van der Waals surface area contributed by atoms with Gasteiger partial charge in [-0.05, 0) is 64.0 Å². The van der Waals surface area contributed by atoms with Crippen LogP contribution in [-0.2, 0) is 4.79 Å². The third-order valence-corrected chi connectivity index (χ3v) is 3.87. The molecule has 0 unspecified atom stereocenters. The summed E-state index contributed by atoms with van der Waals surface area (Å²) in [6, 6.07) is 13.3. The average Bonchev–Trinajstić information content (AvgIpc) is 2.53. The molecule has 0 saturated carbocycles. The normalized spacial score (nSPS) is 10.6. The molecule has 1 N–H and O–H groups in total. The lowest BCUT2D eigenvalue weighted by atomic mass is 10.2. The van der Waals surface area contributed by atoms with Gasteiger partial charge in [0, 0.05) is 31.5 Å². The van der Waals surface area contributed by atoms with Gasteiger partial charge in [-0.25, -0.2) is 0 Å². The second-order valence-corrected chi connectivity index (χ2v) is 6.01. The Morgan fingerprint density at radius 1 is 1.17 bits per heavy atom. The monoisotopic (exact) mass is 374 g/mol. The van der Waals surface area contributed by atoms with E-state index in [-0.39, 0.29) is 5.91 Å². The summed E-state index contributed by atoms with van der Waals surface area (Å²) in [5, 5.41) is 2.83. The Labute approximate surface area is 144 Å². The highest BCUT2D eigenvalue weighted by atomic mass is 79.9. The number of nitrogens with zero attached hydrogens (tertiary/aromatic N) is 1. The molecule has 0 spiro atoms. The van der Waals surface area contributed by atoms with Crippen molar-refractivity contribution in [2.24, 2.45) is 0 Å². The fraction of sp³-hybridized carbons (Fsp3) is 0.167. The van der Waals surface area contributed by atoms with Gasteiger partial charge in [-0.1, -0.05) is 6.07 Å². The van der Waals surface area contributed by atoms with Crippen LogP contribution in [0, 0.1) is 0 Å². The quantitative estimate of drug-likeness (QED) is 0.798. The van der Waals surface area contributed by atoms with Crippen molar-refractivity contribution in [3.05, 3.63) is 58.6 Å². The number of amides is 1. The predicted molar refractivity (Wildman–Crippen MR) is 99.1 cm³/mol. The van der Waals surface area contributed by atoms with Crippen LogP contribution in [0.3, 0.4) is 0 Å². The van der Waals surface area contributed by atoms with Gasteiger partial charge in [-0.2, -0.15) is 0 Å². The minimum atomic E-state index is -0.172. The van der Waals surface area contributed by atoms with Gasteiger partial charge in [0.25, 0.3) is 0 Å². The average molecular weight is 375 g/mol. The third-order valence-electron chi connectivity index (χ3n) is 3.25. The van der Waals surface area contributed by atoms with Crippen molar-refractivity contribution < 1.29 is 9.53 Å². The van der Waals surface area contributed by atoms with Gasteiger partial charge < -0.3 is 15.0 Å². The van der Waals surface area contributed by atoms with E-state index in [1.807, 2.05) is 61.5 Å². The van der Waals surface area contributed by atoms with E-state index in [0.29, 0.717) is 0 Å². The Morgan fingerprint density at radius 3 is 2.43 bits per heavy atom. The maximum absolute atomic E-state index is 12.0. The second kappa shape index (κ2) is 7.83. The number of anilines is 2. The number of rotatable bonds is 5. The number of nitrogens with one attached hydrogen (secondary N) is 1. The van der Waals surface area contributed by atoms with Crippen molar-refractivity contribution >= 4 is 39.3 Å². The molecule has 0 bridgehead atoms. The van der Waals surface area contributed by atoms with Crippen LogP contribution < -0.4 is 15.0 Å². The first-order valence-electron chi connectivity index (χ1n) is 7.09. The van der Waals surface area contributed by atoms with E-state index in [1.54, 1.807) is 13.2 Å². The number of ether oxygens (including phenoxy) is 1. The summed E-state index contributed by atoms with van der Waals surface area (Å²) < 4.78 is 6.03. The predicted octanol–water partition coefficient (Wildman–Crippen LogP) is 4.18. The summed E-state index contributed by atoms with van der Waals surface area (Å²) in [4.78, 5) is 14.0. The summed E-state index contributed by atoms with van der Waals surface area (Å²) in [5.74, 6) is 0.585. The minimum absolute atomic E-state index is 0.172. The minimum Gasteiger partial charge on any atom is -0.496 e. The zero-order chi connectivity index (χ0) is 16.8. The van der Waals surface area contributed by atoms with Crippen molar-refractivity contribution in [1.82, 2.24) is 0 Å². The van der Waals surface area contributed by atoms with E-state index in [9.17, 15) is 4.79 Å². The number of carbonyl (C=O) groups is 1. The fourth-order valence-corrected chi connectivity index (χ4v) is 2.54. The SMILES string of the molecule is COc1ccc(/C=C/C(=O)Nc2ccc(N(C)C)cc2)cc1Br. The molecule has 2 rings (SSSR count). The molecule has 1 amide bonds. The molecule has 2 aromatic carbocycles. The number of hydrogen-bond acceptors (Lipinski definition) is 3. The smallest absolute Gasteiger partial charge is 0.248 e. The molecule has 0 aliphatic rings. The van der Waals surface area contributed by atoms with Crippen LogP contribution in [0.25, 0.3) is 6.08 Å². The van der Waals surface area contributed by atoms with Gasteiger partial charge in [0.15, 0.2) is 0 Å². The highest BCUT2D eigenvalue weighted by Gasteiger charge is 2.01. The number of benzene rings is 2. The van der Waals surface area contributed by atoms with E-state index >= 15 is 0 Å². The van der Waals surface area contributed by atoms with Gasteiger partial charge in [-0.15, -0.1) is 0 Å². The molecule has 0 aliphatic heterocycles. The Hall–Kier alpha value is -2.27. The summed E-state index contributed by atoms with van der Waals surface area (Å²) in [6.07, 6.45) is 3.27. The Bertz CT molecular complexity index is 709. The highest BCUT2D eigenvalue weighted by Crippen LogP contribution is 2.26. The fourth-order valence-electron chi connectivity index (χ4n) is 1.99. The van der Waals surface area contributed by atoms with Crippen LogP contribution in [-0.4, -0.2) is 27.1 Å². The van der Waals surface area contributed by atoms with E-state index in [1.165, 1.54) is 6.08 Å². The van der Waals surface area contributed by atoms with E-state index in [0.717, 1.165) is 27.2 Å². The first-order chi connectivity index (χ1) is 11.0. The summed E-state index contributed by atoms with van der Waals surface area (Å²) in [7, 11) is 5.57. The number of halogens is 1. The van der Waals surface area contributed by atoms with Gasteiger partial charge in [0.2, 0.25) is 5.91 Å². The second-order valence-electron chi connectivity index (χ2n) is 5.16. The zero-order valence-electron chi connectivity index (χ0n) is 13.3. The largest absolute Gasteiger partial charge is 0.496 e. The van der Waals surface area contributed by atoms with Crippen LogP contribution in [0.15, 0.2) is 53.0 Å². The van der Waals surface area contributed by atoms with Gasteiger partial charge in [0.05, 0.1) is 11.6 Å². The van der Waals surface area contributed by atoms with E-state index < -0.39 is 0 Å². The molecule has 5 heteroatoms. The molecule has 0 heterocycles. The maximum Gasteiger partial charge on any atom is 0.248 e. The number of hydrogen-bond donors (Lipinski definition) is 1. The topological polar surface area (TPSA) is 41.6 Å². The number of carbonyl (C=O) groups excluding carboxylic acids is 1. The molecule has 4 nitrogen and oxygen atoms in total. The van der Waals surface area contributed by atoms with Gasteiger partial charge >= 0.3 is 0 Å². The lowest BCUT2D eigenvalue weighted by Crippen LogP contribution is -2.10. The Morgan fingerprint density at radius 2 is 1.87 bits per heavy atom. The Balaban J connectivity index is 2.00. The maximum atomic E-state index is 12.0. The summed E-state index contributed by atoms with van der Waals surface area (Å²) in [5.41, 5.74) is 2.76. The van der Waals surface area contributed by atoms with Crippen molar-refractivity contribution in [1.29, 1.82) is 0 Å². The van der Waals surface area contributed by atoms with Crippen LogP contribution >= 0.6 is 15.9 Å². The molecule has 2 aromatic rings. The van der Waals surface area contributed by atoms with E-state index in [4.69, 9.17) is 4.74 Å². The molecular formula is C18H19BrN2O2. The highest BCUT2D eigenvalue weighted by molar-refractivity contribution is 9.10. The lowest BCUT2D eigenvalue weighted by molar-refractivity contribution is -0.111. The Kier molecular flexibility index (Phi) is 5.82. The molecular weight excluding hydrogens is 356 g/mol. The molecule has 0 aliphatic carbocycles. The van der Waals surface area contributed by atoms with Crippen molar-refractivity contribution in [3.63, 3.8) is 0 Å². The molecule has 120 valence electrons. The van der Waals surface area contributed by atoms with Crippen LogP contribution in [0.5, 0.6) is 5.75 Å². The van der Waals surface area contributed by atoms with E-state index in [2.05, 4.69) is 21.2 Å². The standard InChI is InChI=1S/C18H19BrN2O2/c1-21(2)15-8-6-14(7-9-15)20-18(22)11-5-13-4-10-17(23-3)16(19)12-13/h4-12H,1-3H3,(H,20,22)/b11-5+. The number of methoxy groups -OCH3 is 1. The molecule has 0 atom stereocenters. The van der Waals surface area contributed by atoms with Crippen molar-refractivity contribution in [3.8, 4) is 5.75 Å². The van der Waals surface area contributed by atoms with Crippen molar-refractivity contribution in [2.45, 2.75) is 0 Å². The molecule has 0 radical (unpaired) electrons. The molecule has 0 saturated heterocycles. The molecule has 0 fully saturated rings. The van der Waals surface area contributed by atoms with Gasteiger partial charge in [-0.3, -0.25) is 4.79 Å². The summed E-state index contributed by atoms with van der Waals surface area (Å²) >= 11 is 3.42.